The summed E-state index contributed by atoms with van der Waals surface area (Å²) >= 11 is 0. The Labute approximate surface area is 98.8 Å². The molecule has 0 aliphatic heterocycles. The van der Waals surface area contributed by atoms with Gasteiger partial charge in [-0.05, 0) is 5.56 Å². The number of nitrogens with two attached hydrogens (primary N) is 1. The zero-order valence-electron chi connectivity index (χ0n) is 9.59. The lowest BCUT2D eigenvalue weighted by Gasteiger charge is -1.99. The molecule has 17 heavy (non-hydrogen) atoms. The lowest BCUT2D eigenvalue weighted by atomic mass is 10.2. The number of methoxy groups -OCH3 is 1. The topological polar surface area (TPSA) is 87.1 Å². The Morgan fingerprint density at radius 1 is 1.41 bits per heavy atom. The Bertz CT molecular complexity index is 467. The van der Waals surface area contributed by atoms with Crippen LogP contribution in [-0.2, 0) is 12.8 Å². The van der Waals surface area contributed by atoms with Crippen LogP contribution in [-0.4, -0.2) is 28.8 Å². The maximum Gasteiger partial charge on any atom is 0.227 e. The molecule has 2 heterocycles. The second-order valence-corrected chi connectivity index (χ2v) is 3.53. The van der Waals surface area contributed by atoms with Gasteiger partial charge in [0.2, 0.25) is 11.8 Å². The van der Waals surface area contributed by atoms with Crippen molar-refractivity contribution >= 4 is 0 Å². The smallest absolute Gasteiger partial charge is 0.227 e. The molecule has 0 amide bonds. The highest BCUT2D eigenvalue weighted by Crippen LogP contribution is 2.10. The number of hydrogen-bond donors (Lipinski definition) is 1. The fourth-order valence-corrected chi connectivity index (χ4v) is 1.41. The third-order valence-corrected chi connectivity index (χ3v) is 2.24. The molecule has 6 nitrogen and oxygen atoms in total. The van der Waals surface area contributed by atoms with E-state index in [1.807, 2.05) is 6.07 Å². The molecule has 0 aliphatic carbocycles. The van der Waals surface area contributed by atoms with Gasteiger partial charge < -0.3 is 15.0 Å². The van der Waals surface area contributed by atoms with Crippen molar-refractivity contribution in [3.05, 3.63) is 35.6 Å². The van der Waals surface area contributed by atoms with Crippen LogP contribution in [0.3, 0.4) is 0 Å². The number of aromatic nitrogens is 3. The van der Waals surface area contributed by atoms with Crippen molar-refractivity contribution in [1.29, 1.82) is 0 Å². The number of rotatable bonds is 5. The molecule has 0 saturated carbocycles. The van der Waals surface area contributed by atoms with Crippen molar-refractivity contribution in [3.63, 3.8) is 0 Å². The standard InChI is InChI=1S/C11H14N4O2/c1-16-10-3-2-8(7-13-10)6-9-14-11(4-5-12)17-15-9/h2-3,7H,4-6,12H2,1H3. The summed E-state index contributed by atoms with van der Waals surface area (Å²) in [7, 11) is 1.58. The summed E-state index contributed by atoms with van der Waals surface area (Å²) < 4.78 is 10.0. The zero-order valence-corrected chi connectivity index (χ0v) is 9.59. The van der Waals surface area contributed by atoms with E-state index in [0.717, 1.165) is 5.56 Å². The van der Waals surface area contributed by atoms with Crippen LogP contribution in [0.1, 0.15) is 17.3 Å². The molecule has 0 unspecified atom stereocenters. The molecule has 0 spiro atoms. The van der Waals surface area contributed by atoms with E-state index >= 15 is 0 Å². The van der Waals surface area contributed by atoms with E-state index < -0.39 is 0 Å². The van der Waals surface area contributed by atoms with Crippen molar-refractivity contribution in [2.45, 2.75) is 12.8 Å². The highest BCUT2D eigenvalue weighted by atomic mass is 16.5. The predicted molar refractivity (Wildman–Crippen MR) is 60.7 cm³/mol. The van der Waals surface area contributed by atoms with Gasteiger partial charge in [0.25, 0.3) is 0 Å². The van der Waals surface area contributed by atoms with Gasteiger partial charge in [0, 0.05) is 31.6 Å². The van der Waals surface area contributed by atoms with Crippen molar-refractivity contribution in [1.82, 2.24) is 15.1 Å². The third-order valence-electron chi connectivity index (χ3n) is 2.24. The minimum Gasteiger partial charge on any atom is -0.481 e. The third kappa shape index (κ3) is 3.01. The zero-order chi connectivity index (χ0) is 12.1. The summed E-state index contributed by atoms with van der Waals surface area (Å²) in [5.41, 5.74) is 6.41. The van der Waals surface area contributed by atoms with Gasteiger partial charge in [0.15, 0.2) is 5.82 Å². The molecule has 0 radical (unpaired) electrons. The van der Waals surface area contributed by atoms with Crippen LogP contribution in [0.4, 0.5) is 0 Å². The van der Waals surface area contributed by atoms with E-state index in [9.17, 15) is 0 Å². The molecule has 2 N–H and O–H groups in total. The molecule has 2 aromatic heterocycles. The van der Waals surface area contributed by atoms with E-state index in [2.05, 4.69) is 15.1 Å². The molecule has 0 bridgehead atoms. The molecule has 0 fully saturated rings. The first kappa shape index (κ1) is 11.5. The maximum atomic E-state index is 5.40. The van der Waals surface area contributed by atoms with Crippen LogP contribution in [0.15, 0.2) is 22.9 Å². The van der Waals surface area contributed by atoms with Gasteiger partial charge in [-0.3, -0.25) is 0 Å². The molecule has 6 heteroatoms. The van der Waals surface area contributed by atoms with Crippen LogP contribution in [0.2, 0.25) is 0 Å². The molecule has 0 aliphatic rings. The minimum absolute atomic E-state index is 0.506. The Kier molecular flexibility index (Phi) is 3.66. The van der Waals surface area contributed by atoms with Crippen LogP contribution >= 0.6 is 0 Å². The molecule has 0 atom stereocenters. The van der Waals surface area contributed by atoms with Crippen LogP contribution in [0.25, 0.3) is 0 Å². The number of hydrogen-bond acceptors (Lipinski definition) is 6. The van der Waals surface area contributed by atoms with E-state index in [1.165, 1.54) is 0 Å². The molecular weight excluding hydrogens is 220 g/mol. The normalized spacial score (nSPS) is 10.5. The maximum absolute atomic E-state index is 5.40. The number of pyridine rings is 1. The molecule has 0 saturated heterocycles. The lowest BCUT2D eigenvalue weighted by Crippen LogP contribution is -2.03. The van der Waals surface area contributed by atoms with Gasteiger partial charge >= 0.3 is 0 Å². The van der Waals surface area contributed by atoms with E-state index in [1.54, 1.807) is 19.4 Å². The Morgan fingerprint density at radius 2 is 2.29 bits per heavy atom. The monoisotopic (exact) mass is 234 g/mol. The first-order valence-corrected chi connectivity index (χ1v) is 5.32. The number of nitrogens with zero attached hydrogens (tertiary/aromatic N) is 3. The lowest BCUT2D eigenvalue weighted by molar-refractivity contribution is 0.375. The van der Waals surface area contributed by atoms with Gasteiger partial charge in [-0.15, -0.1) is 0 Å². The summed E-state index contributed by atoms with van der Waals surface area (Å²) in [6, 6.07) is 3.72. The number of ether oxygens (including phenoxy) is 1. The highest BCUT2D eigenvalue weighted by molar-refractivity contribution is 5.20. The summed E-state index contributed by atoms with van der Waals surface area (Å²) in [4.78, 5) is 8.33. The van der Waals surface area contributed by atoms with Gasteiger partial charge in [-0.2, -0.15) is 4.98 Å². The van der Waals surface area contributed by atoms with E-state index in [4.69, 9.17) is 15.0 Å². The van der Waals surface area contributed by atoms with Crippen molar-refractivity contribution in [2.75, 3.05) is 13.7 Å². The fraction of sp³-hybridized carbons (Fsp3) is 0.364. The summed E-state index contributed by atoms with van der Waals surface area (Å²) in [6.45, 7) is 0.506. The van der Waals surface area contributed by atoms with E-state index in [0.29, 0.717) is 37.0 Å². The van der Waals surface area contributed by atoms with Gasteiger partial charge in [-0.25, -0.2) is 4.98 Å². The molecule has 90 valence electrons. The Balaban J connectivity index is 2.03. The van der Waals surface area contributed by atoms with E-state index in [-0.39, 0.29) is 0 Å². The molecule has 2 rings (SSSR count). The van der Waals surface area contributed by atoms with Gasteiger partial charge in [0.1, 0.15) is 0 Å². The quantitative estimate of drug-likeness (QED) is 0.813. The summed E-state index contributed by atoms with van der Waals surface area (Å²) in [5.74, 6) is 1.80. The highest BCUT2D eigenvalue weighted by Gasteiger charge is 2.06. The second-order valence-electron chi connectivity index (χ2n) is 3.53. The molecular formula is C11H14N4O2. The van der Waals surface area contributed by atoms with Crippen molar-refractivity contribution < 1.29 is 9.26 Å². The van der Waals surface area contributed by atoms with Gasteiger partial charge in [-0.1, -0.05) is 11.2 Å². The Hall–Kier alpha value is -1.95. The average Bonchev–Trinajstić information content (AvgIpc) is 2.78. The summed E-state index contributed by atoms with van der Waals surface area (Å²) in [6.07, 6.45) is 2.93. The largest absolute Gasteiger partial charge is 0.481 e. The van der Waals surface area contributed by atoms with Crippen LogP contribution in [0, 0.1) is 0 Å². The molecule has 0 aromatic carbocycles. The van der Waals surface area contributed by atoms with Crippen molar-refractivity contribution in [2.24, 2.45) is 5.73 Å². The summed E-state index contributed by atoms with van der Waals surface area (Å²) in [5, 5.41) is 3.87. The van der Waals surface area contributed by atoms with Gasteiger partial charge in [0.05, 0.1) is 7.11 Å². The fourth-order valence-electron chi connectivity index (χ4n) is 1.41. The average molecular weight is 234 g/mol. The molecule has 2 aromatic rings. The van der Waals surface area contributed by atoms with Crippen LogP contribution in [0.5, 0.6) is 5.88 Å². The predicted octanol–water partition coefficient (Wildman–Crippen LogP) is 0.565. The Morgan fingerprint density at radius 3 is 2.94 bits per heavy atom. The first-order valence-electron chi connectivity index (χ1n) is 5.32. The van der Waals surface area contributed by atoms with Crippen molar-refractivity contribution in [3.8, 4) is 5.88 Å². The SMILES string of the molecule is COc1ccc(Cc2noc(CCN)n2)cn1. The second kappa shape index (κ2) is 5.40. The van der Waals surface area contributed by atoms with Crippen LogP contribution < -0.4 is 10.5 Å². The first-order chi connectivity index (χ1) is 8.31. The minimum atomic E-state index is 0.506.